The highest BCUT2D eigenvalue weighted by molar-refractivity contribution is 7.16. The highest BCUT2D eigenvalue weighted by Gasteiger charge is 2.09. The first-order chi connectivity index (χ1) is 10.2. The summed E-state index contributed by atoms with van der Waals surface area (Å²) in [6.45, 7) is 2.71. The zero-order valence-corrected chi connectivity index (χ0v) is 12.7. The lowest BCUT2D eigenvalue weighted by molar-refractivity contribution is 0.779. The van der Waals surface area contributed by atoms with Crippen LogP contribution in [0.2, 0.25) is 0 Å². The summed E-state index contributed by atoms with van der Waals surface area (Å²) in [6.07, 6.45) is 13.1. The van der Waals surface area contributed by atoms with Crippen molar-refractivity contribution < 1.29 is 0 Å². The molecular weight excluding hydrogens is 280 g/mol. The molecule has 0 fully saturated rings. The lowest BCUT2D eigenvalue weighted by Crippen LogP contribution is -2.25. The van der Waals surface area contributed by atoms with E-state index in [2.05, 4.69) is 39.6 Å². The molecule has 108 valence electrons. The number of hydrogen-bond donors (Lipinski definition) is 2. The number of aromatic nitrogens is 2. The average Bonchev–Trinajstić information content (AvgIpc) is 2.85. The number of nitrogens with zero attached hydrogens (tertiary/aromatic N) is 2. The maximum Gasteiger partial charge on any atom is 0.183 e. The maximum absolute atomic E-state index is 5.75. The Morgan fingerprint density at radius 2 is 2.29 bits per heavy atom. The van der Waals surface area contributed by atoms with Gasteiger partial charge < -0.3 is 11.1 Å². The summed E-state index contributed by atoms with van der Waals surface area (Å²) >= 11 is 1.66. The third kappa shape index (κ3) is 3.37. The molecule has 1 atom stereocenters. The Kier molecular flexibility index (Phi) is 4.13. The van der Waals surface area contributed by atoms with Crippen LogP contribution in [0.15, 0.2) is 36.8 Å². The molecule has 0 aromatic carbocycles. The van der Waals surface area contributed by atoms with Gasteiger partial charge in [-0.25, -0.2) is 4.98 Å². The Balaban J connectivity index is 1.78. The van der Waals surface area contributed by atoms with E-state index in [1.807, 2.05) is 25.5 Å². The lowest BCUT2D eigenvalue weighted by Gasteiger charge is -2.04. The summed E-state index contributed by atoms with van der Waals surface area (Å²) in [5.41, 5.74) is 9.44. The van der Waals surface area contributed by atoms with Crippen LogP contribution in [0.4, 0.5) is 5.13 Å². The van der Waals surface area contributed by atoms with Gasteiger partial charge >= 0.3 is 0 Å². The number of hydrogen-bond acceptors (Lipinski definition) is 5. The van der Waals surface area contributed by atoms with Gasteiger partial charge in [0, 0.05) is 31.2 Å². The average molecular weight is 298 g/mol. The Morgan fingerprint density at radius 1 is 1.38 bits per heavy atom. The molecule has 5 heteroatoms. The molecule has 21 heavy (non-hydrogen) atoms. The lowest BCUT2D eigenvalue weighted by atomic mass is 10.1. The van der Waals surface area contributed by atoms with E-state index >= 15 is 0 Å². The van der Waals surface area contributed by atoms with Gasteiger partial charge in [-0.2, -0.15) is 0 Å². The Bertz CT molecular complexity index is 685. The van der Waals surface area contributed by atoms with Crippen LogP contribution in [0.5, 0.6) is 0 Å². The SMILES string of the molecule is CC(N)CNc1ncc(C2=CCc3ccncc3C=C2)s1. The van der Waals surface area contributed by atoms with Crippen molar-refractivity contribution >= 4 is 28.1 Å². The molecule has 2 aromatic heterocycles. The summed E-state index contributed by atoms with van der Waals surface area (Å²) in [6, 6.07) is 2.19. The zero-order chi connectivity index (χ0) is 14.7. The number of anilines is 1. The van der Waals surface area contributed by atoms with Gasteiger partial charge in [0.05, 0.1) is 4.88 Å². The second-order valence-corrected chi connectivity index (χ2v) is 6.19. The molecule has 0 saturated carbocycles. The van der Waals surface area contributed by atoms with Crippen LogP contribution in [0.1, 0.15) is 22.9 Å². The van der Waals surface area contributed by atoms with Gasteiger partial charge in [-0.3, -0.25) is 4.98 Å². The topological polar surface area (TPSA) is 63.8 Å². The Labute approximate surface area is 128 Å². The molecule has 1 unspecified atom stereocenters. The molecule has 0 spiro atoms. The Morgan fingerprint density at radius 3 is 3.14 bits per heavy atom. The number of nitrogens with two attached hydrogens (primary N) is 1. The van der Waals surface area contributed by atoms with Crippen LogP contribution >= 0.6 is 11.3 Å². The molecule has 0 amide bonds. The van der Waals surface area contributed by atoms with E-state index < -0.39 is 0 Å². The molecule has 4 nitrogen and oxygen atoms in total. The van der Waals surface area contributed by atoms with Gasteiger partial charge in [0.1, 0.15) is 0 Å². The normalized spacial score (nSPS) is 15.0. The first-order valence-electron chi connectivity index (χ1n) is 6.99. The standard InChI is InChI=1S/C16H18N4S/c1-11(17)8-19-16-20-10-15(21-16)13-3-2-12-6-7-18-9-14(12)5-4-13/h3-7,9-11H,2,8,17H2,1H3,(H,19,20). The minimum absolute atomic E-state index is 0.122. The second kappa shape index (κ2) is 6.20. The molecule has 0 radical (unpaired) electrons. The minimum Gasteiger partial charge on any atom is -0.360 e. The zero-order valence-electron chi connectivity index (χ0n) is 11.9. The molecule has 2 heterocycles. The van der Waals surface area contributed by atoms with Crippen molar-refractivity contribution in [3.05, 3.63) is 52.8 Å². The molecule has 3 N–H and O–H groups in total. The largest absolute Gasteiger partial charge is 0.360 e. The van der Waals surface area contributed by atoms with Crippen LogP contribution in [-0.2, 0) is 6.42 Å². The van der Waals surface area contributed by atoms with Gasteiger partial charge in [0.25, 0.3) is 0 Å². The first-order valence-corrected chi connectivity index (χ1v) is 7.81. The van der Waals surface area contributed by atoms with Gasteiger partial charge in [0.15, 0.2) is 5.13 Å². The third-order valence-electron chi connectivity index (χ3n) is 3.30. The minimum atomic E-state index is 0.122. The highest BCUT2D eigenvalue weighted by Crippen LogP contribution is 2.29. The van der Waals surface area contributed by atoms with E-state index in [1.54, 1.807) is 11.3 Å². The van der Waals surface area contributed by atoms with E-state index in [-0.39, 0.29) is 6.04 Å². The van der Waals surface area contributed by atoms with Crippen LogP contribution < -0.4 is 11.1 Å². The summed E-state index contributed by atoms with van der Waals surface area (Å²) in [7, 11) is 0. The molecule has 1 aliphatic carbocycles. The monoisotopic (exact) mass is 298 g/mol. The van der Waals surface area contributed by atoms with Crippen molar-refractivity contribution in [2.75, 3.05) is 11.9 Å². The summed E-state index contributed by atoms with van der Waals surface area (Å²) < 4.78 is 0. The van der Waals surface area contributed by atoms with Crippen LogP contribution in [0.3, 0.4) is 0 Å². The fraction of sp³-hybridized carbons (Fsp3) is 0.250. The number of fused-ring (bicyclic) bond motifs is 1. The molecular formula is C16H18N4S. The summed E-state index contributed by atoms with van der Waals surface area (Å²) in [5.74, 6) is 0. The fourth-order valence-corrected chi connectivity index (χ4v) is 3.00. The predicted octanol–water partition coefficient (Wildman–Crippen LogP) is 2.95. The fourth-order valence-electron chi connectivity index (χ4n) is 2.16. The summed E-state index contributed by atoms with van der Waals surface area (Å²) in [4.78, 5) is 9.75. The van der Waals surface area contributed by atoms with E-state index in [4.69, 9.17) is 5.73 Å². The number of allylic oxidation sites excluding steroid dienone is 3. The number of rotatable bonds is 4. The molecule has 0 bridgehead atoms. The molecule has 3 rings (SSSR count). The van der Waals surface area contributed by atoms with Crippen molar-refractivity contribution in [1.29, 1.82) is 0 Å². The summed E-state index contributed by atoms with van der Waals surface area (Å²) in [5, 5.41) is 4.17. The molecule has 0 aliphatic heterocycles. The van der Waals surface area contributed by atoms with Crippen molar-refractivity contribution in [2.24, 2.45) is 5.73 Å². The van der Waals surface area contributed by atoms with E-state index in [0.717, 1.165) is 18.1 Å². The van der Waals surface area contributed by atoms with Crippen LogP contribution in [0.25, 0.3) is 11.6 Å². The van der Waals surface area contributed by atoms with E-state index in [0.29, 0.717) is 0 Å². The van der Waals surface area contributed by atoms with Crippen molar-refractivity contribution in [2.45, 2.75) is 19.4 Å². The smallest absolute Gasteiger partial charge is 0.183 e. The van der Waals surface area contributed by atoms with Gasteiger partial charge in [-0.05, 0) is 36.1 Å². The van der Waals surface area contributed by atoms with E-state index in [9.17, 15) is 0 Å². The third-order valence-corrected chi connectivity index (χ3v) is 4.30. The number of nitrogens with one attached hydrogen (secondary N) is 1. The highest BCUT2D eigenvalue weighted by atomic mass is 32.1. The van der Waals surface area contributed by atoms with Crippen molar-refractivity contribution in [1.82, 2.24) is 9.97 Å². The van der Waals surface area contributed by atoms with Crippen LogP contribution in [0, 0.1) is 0 Å². The van der Waals surface area contributed by atoms with E-state index in [1.165, 1.54) is 21.6 Å². The quantitative estimate of drug-likeness (QED) is 0.911. The Hall–Kier alpha value is -1.98. The number of pyridine rings is 1. The second-order valence-electron chi connectivity index (χ2n) is 5.16. The van der Waals surface area contributed by atoms with Crippen LogP contribution in [-0.4, -0.2) is 22.6 Å². The molecule has 2 aromatic rings. The van der Waals surface area contributed by atoms with Gasteiger partial charge in [-0.15, -0.1) is 0 Å². The van der Waals surface area contributed by atoms with Crippen molar-refractivity contribution in [3.8, 4) is 0 Å². The maximum atomic E-state index is 5.75. The van der Waals surface area contributed by atoms with Crippen molar-refractivity contribution in [3.63, 3.8) is 0 Å². The molecule has 0 saturated heterocycles. The van der Waals surface area contributed by atoms with Gasteiger partial charge in [-0.1, -0.05) is 29.6 Å². The molecule has 1 aliphatic rings. The predicted molar refractivity (Wildman–Crippen MR) is 89.2 cm³/mol. The van der Waals surface area contributed by atoms with Gasteiger partial charge in [0.2, 0.25) is 0 Å². The first kappa shape index (κ1) is 14.0. The number of thiazole rings is 1.